The fraction of sp³-hybridized carbons (Fsp3) is 0.548. The zero-order chi connectivity index (χ0) is 26.9. The van der Waals surface area contributed by atoms with Crippen LogP contribution in [0.25, 0.3) is 22.3 Å². The fourth-order valence-electron chi connectivity index (χ4n) is 5.39. The Kier molecular flexibility index (Phi) is 8.15. The topological polar surface area (TPSA) is 44.2 Å². The first-order chi connectivity index (χ1) is 17.3. The molecule has 0 unspecified atom stereocenters. The van der Waals surface area contributed by atoms with Crippen LogP contribution >= 0.6 is 0 Å². The van der Waals surface area contributed by atoms with Crippen molar-refractivity contribution in [1.82, 2.24) is 9.97 Å². The lowest BCUT2D eigenvalue weighted by atomic mass is 9.92. The van der Waals surface area contributed by atoms with E-state index >= 15 is 0 Å². The first kappa shape index (κ1) is 28.1. The van der Waals surface area contributed by atoms with Gasteiger partial charge in [0.1, 0.15) is 0 Å². The van der Waals surface area contributed by atoms with Crippen LogP contribution in [0, 0.1) is 0 Å². The van der Waals surface area contributed by atoms with Gasteiger partial charge in [0.15, 0.2) is 16.6 Å². The summed E-state index contributed by atoms with van der Waals surface area (Å²) >= 11 is 0. The van der Waals surface area contributed by atoms with E-state index in [1.54, 1.807) is 0 Å². The van der Waals surface area contributed by atoms with Gasteiger partial charge in [0.05, 0.1) is 28.0 Å². The van der Waals surface area contributed by atoms with E-state index in [1.165, 1.54) is 0 Å². The van der Waals surface area contributed by atoms with Crippen molar-refractivity contribution in [3.8, 4) is 11.3 Å². The molecule has 6 heteroatoms. The monoisotopic (exact) mass is 534 g/mol. The molecule has 1 saturated carbocycles. The molecule has 0 spiro atoms. The zero-order valence-electron chi connectivity index (χ0n) is 24.2. The molecule has 4 rings (SSSR count). The van der Waals surface area contributed by atoms with E-state index in [0.717, 1.165) is 66.7 Å². The molecule has 0 amide bonds. The van der Waals surface area contributed by atoms with Crippen molar-refractivity contribution in [3.63, 3.8) is 0 Å². The fourth-order valence-corrected chi connectivity index (χ4v) is 8.06. The number of benzene rings is 2. The second-order valence-electron chi connectivity index (χ2n) is 13.4. The number of para-hydroxylation sites is 2. The molecule has 2 aromatic carbocycles. The van der Waals surface area contributed by atoms with E-state index in [9.17, 15) is 0 Å². The molecule has 0 aliphatic heterocycles. The molecule has 3 aromatic rings. The largest absolute Gasteiger partial charge is 0.417 e. The van der Waals surface area contributed by atoms with Crippen LogP contribution in [0.15, 0.2) is 54.6 Å². The van der Waals surface area contributed by atoms with Gasteiger partial charge in [0.25, 0.3) is 0 Å². The third-order valence-corrected chi connectivity index (χ3v) is 13.8. The number of aromatic nitrogens is 2. The highest BCUT2D eigenvalue weighted by atomic mass is 28.4. The van der Waals surface area contributed by atoms with Crippen molar-refractivity contribution in [2.24, 2.45) is 0 Å². The summed E-state index contributed by atoms with van der Waals surface area (Å²) in [5.74, 6) is 0.338. The van der Waals surface area contributed by atoms with Gasteiger partial charge in [-0.3, -0.25) is 0 Å². The second-order valence-corrected chi connectivity index (χ2v) is 22.6. The molecule has 1 aromatic heterocycles. The molecule has 0 bridgehead atoms. The average Bonchev–Trinajstić information content (AvgIpc) is 3.23. The molecule has 1 aliphatic rings. The van der Waals surface area contributed by atoms with Crippen molar-refractivity contribution in [1.29, 1.82) is 0 Å². The Balaban J connectivity index is 1.60. The Labute approximate surface area is 226 Å². The number of nitrogens with zero attached hydrogens (tertiary/aromatic N) is 2. The lowest BCUT2D eigenvalue weighted by molar-refractivity contribution is 0.0500. The maximum atomic E-state index is 7.02. The molecule has 0 saturated heterocycles. The summed E-state index contributed by atoms with van der Waals surface area (Å²) in [4.78, 5) is 10.4. The summed E-state index contributed by atoms with van der Waals surface area (Å²) in [5, 5.41) is 0.237. The number of fused-ring (bicyclic) bond motifs is 1. The van der Waals surface area contributed by atoms with E-state index in [0.29, 0.717) is 5.92 Å². The van der Waals surface area contributed by atoms with Crippen LogP contribution < -0.4 is 0 Å². The molecule has 0 N–H and O–H groups in total. The van der Waals surface area contributed by atoms with Crippen LogP contribution in [0.3, 0.4) is 0 Å². The highest BCUT2D eigenvalue weighted by Crippen LogP contribution is 2.48. The quantitative estimate of drug-likeness (QED) is 0.203. The van der Waals surface area contributed by atoms with Crippen LogP contribution in [-0.4, -0.2) is 38.8 Å². The average molecular weight is 535 g/mol. The maximum Gasteiger partial charge on any atom is 0.191 e. The van der Waals surface area contributed by atoms with E-state index in [1.807, 2.05) is 6.07 Å². The van der Waals surface area contributed by atoms with Gasteiger partial charge in [-0.1, -0.05) is 63.2 Å². The Morgan fingerprint density at radius 1 is 0.892 bits per heavy atom. The molecule has 1 heterocycles. The maximum absolute atomic E-state index is 7.02. The van der Waals surface area contributed by atoms with E-state index in [2.05, 4.69) is 102 Å². The van der Waals surface area contributed by atoms with Crippen molar-refractivity contribution in [2.75, 3.05) is 6.61 Å². The van der Waals surface area contributed by atoms with Crippen molar-refractivity contribution in [3.05, 3.63) is 60.3 Å². The summed E-state index contributed by atoms with van der Waals surface area (Å²) in [6, 6.07) is 18.8. The molecule has 200 valence electrons. The zero-order valence-corrected chi connectivity index (χ0v) is 26.2. The van der Waals surface area contributed by atoms with E-state index in [-0.39, 0.29) is 10.6 Å². The van der Waals surface area contributed by atoms with Crippen LogP contribution in [-0.2, 0) is 8.85 Å². The molecule has 0 radical (unpaired) electrons. The lowest BCUT2D eigenvalue weighted by Crippen LogP contribution is -2.43. The number of hydrogen-bond acceptors (Lipinski definition) is 4. The molecular formula is C31H46N2O2Si2. The minimum Gasteiger partial charge on any atom is -0.417 e. The highest BCUT2D eigenvalue weighted by molar-refractivity contribution is 6.74. The van der Waals surface area contributed by atoms with Gasteiger partial charge in [-0.05, 0) is 82.0 Å². The third kappa shape index (κ3) is 6.77. The first-order valence-electron chi connectivity index (χ1n) is 13.9. The molecule has 2 atom stereocenters. The summed E-state index contributed by atoms with van der Waals surface area (Å²) in [5.41, 5.74) is 5.12. The van der Waals surface area contributed by atoms with E-state index < -0.39 is 16.6 Å². The van der Waals surface area contributed by atoms with Gasteiger partial charge in [-0.15, -0.1) is 0 Å². The Bertz CT molecular complexity index is 1200. The lowest BCUT2D eigenvalue weighted by Gasteiger charge is -2.38. The van der Waals surface area contributed by atoms with Crippen molar-refractivity contribution in [2.45, 2.75) is 102 Å². The Hall–Kier alpha value is -1.87. The number of hydrogen-bond donors (Lipinski definition) is 0. The first-order valence-corrected chi connectivity index (χ1v) is 20.3. The molecule has 1 aliphatic carbocycles. The minimum absolute atomic E-state index is 0.104. The molecular weight excluding hydrogens is 489 g/mol. The van der Waals surface area contributed by atoms with Crippen LogP contribution in [0.1, 0.15) is 64.5 Å². The van der Waals surface area contributed by atoms with Gasteiger partial charge in [-0.2, -0.15) is 0 Å². The van der Waals surface area contributed by atoms with Gasteiger partial charge >= 0.3 is 0 Å². The highest BCUT2D eigenvalue weighted by Gasteiger charge is 2.44. The minimum atomic E-state index is -1.74. The standard InChI is InChI=1S/C31H46N2O2Si2/c1-30(2,3)37(7,8)34-22-14-20-31(35-36(4,5)6)21-19-25(23-31)29-28(24-15-10-9-11-16-24)32-26-17-12-13-18-27(26)33-29/h9-13,15-18,25H,14,19-23H2,1-8H3/t25-,31-/m0/s1. The smallest absolute Gasteiger partial charge is 0.191 e. The van der Waals surface area contributed by atoms with Crippen molar-refractivity contribution >= 4 is 27.7 Å². The summed E-state index contributed by atoms with van der Waals surface area (Å²) in [6.45, 7) is 19.4. The Morgan fingerprint density at radius 3 is 2.14 bits per heavy atom. The predicted molar refractivity (Wildman–Crippen MR) is 161 cm³/mol. The molecule has 1 fully saturated rings. The van der Waals surface area contributed by atoms with Gasteiger partial charge < -0.3 is 8.85 Å². The van der Waals surface area contributed by atoms with Gasteiger partial charge in [-0.25, -0.2) is 9.97 Å². The Morgan fingerprint density at radius 2 is 1.51 bits per heavy atom. The summed E-state index contributed by atoms with van der Waals surface area (Å²) in [6.07, 6.45) is 5.25. The summed E-state index contributed by atoms with van der Waals surface area (Å²) in [7, 11) is -3.48. The molecule has 37 heavy (non-hydrogen) atoms. The second kappa shape index (κ2) is 10.7. The predicted octanol–water partition coefficient (Wildman–Crippen LogP) is 8.96. The summed E-state index contributed by atoms with van der Waals surface area (Å²) < 4.78 is 13.6. The van der Waals surface area contributed by atoms with Crippen LogP contribution in [0.4, 0.5) is 0 Å². The van der Waals surface area contributed by atoms with Crippen LogP contribution in [0.5, 0.6) is 0 Å². The van der Waals surface area contributed by atoms with Crippen molar-refractivity contribution < 1.29 is 8.85 Å². The van der Waals surface area contributed by atoms with Crippen LogP contribution in [0.2, 0.25) is 37.8 Å². The van der Waals surface area contributed by atoms with E-state index in [4.69, 9.17) is 18.8 Å². The SMILES string of the molecule is CC(C)(C)[Si](C)(C)OCCC[C@]1(O[Si](C)(C)C)CC[C@H](c2nc3ccccc3nc2-c2ccccc2)C1. The van der Waals surface area contributed by atoms with Gasteiger partial charge in [0, 0.05) is 18.1 Å². The molecule has 4 nitrogen and oxygen atoms in total. The van der Waals surface area contributed by atoms with Gasteiger partial charge in [0.2, 0.25) is 0 Å². The number of rotatable bonds is 9. The third-order valence-electron chi connectivity index (χ3n) is 8.17. The normalized spacial score (nSPS) is 21.0.